The molecule has 1 aliphatic rings. The normalized spacial score (nSPS) is 25.4. The average molecular weight is 235 g/mol. The lowest BCUT2D eigenvalue weighted by Gasteiger charge is -2.34. The van der Waals surface area contributed by atoms with E-state index in [1.54, 1.807) is 29.4 Å². The summed E-state index contributed by atoms with van der Waals surface area (Å²) >= 11 is 0. The van der Waals surface area contributed by atoms with E-state index in [0.29, 0.717) is 18.8 Å². The van der Waals surface area contributed by atoms with Crippen molar-refractivity contribution in [3.63, 3.8) is 0 Å². The van der Waals surface area contributed by atoms with Crippen LogP contribution in [0.15, 0.2) is 28.9 Å². The summed E-state index contributed by atoms with van der Waals surface area (Å²) in [5.41, 5.74) is 0. The fraction of sp³-hybridized carbons (Fsp3) is 0.462. The molecule has 2 atom stereocenters. The highest BCUT2D eigenvalue weighted by Gasteiger charge is 2.24. The minimum Gasteiger partial charge on any atom is -0.465 e. The molecule has 1 amide bonds. The summed E-state index contributed by atoms with van der Waals surface area (Å²) in [6.45, 7) is 5.25. The van der Waals surface area contributed by atoms with Crippen LogP contribution in [0.3, 0.4) is 0 Å². The van der Waals surface area contributed by atoms with Crippen molar-refractivity contribution in [1.82, 2.24) is 4.90 Å². The van der Waals surface area contributed by atoms with E-state index in [0.717, 1.165) is 0 Å². The number of hydrogen-bond acceptors (Lipinski definition) is 3. The Morgan fingerprint density at radius 2 is 2.12 bits per heavy atom. The van der Waals surface area contributed by atoms with Gasteiger partial charge in [0.25, 0.3) is 0 Å². The molecule has 1 saturated heterocycles. The summed E-state index contributed by atoms with van der Waals surface area (Å²) in [6.07, 6.45) is 5.01. The van der Waals surface area contributed by atoms with E-state index in [9.17, 15) is 4.79 Å². The highest BCUT2D eigenvalue weighted by Crippen LogP contribution is 2.11. The number of carbonyl (C=O) groups excluding carboxylic acids is 1. The molecule has 1 aliphatic heterocycles. The number of ether oxygens (including phenoxy) is 1. The van der Waals surface area contributed by atoms with Crippen molar-refractivity contribution in [3.8, 4) is 0 Å². The quantitative estimate of drug-likeness (QED) is 0.736. The smallest absolute Gasteiger partial charge is 0.246 e. The predicted octanol–water partition coefficient (Wildman–Crippen LogP) is 1.93. The van der Waals surface area contributed by atoms with Crippen molar-refractivity contribution in [2.75, 3.05) is 13.1 Å². The molecular formula is C13H17NO3. The molecule has 0 saturated carbocycles. The fourth-order valence-electron chi connectivity index (χ4n) is 2.00. The summed E-state index contributed by atoms with van der Waals surface area (Å²) < 4.78 is 10.7. The molecule has 0 aromatic carbocycles. The molecule has 4 heteroatoms. The predicted molar refractivity (Wildman–Crippen MR) is 64.3 cm³/mol. The third-order valence-electron chi connectivity index (χ3n) is 2.66. The highest BCUT2D eigenvalue weighted by molar-refractivity contribution is 5.91. The topological polar surface area (TPSA) is 42.7 Å². The molecule has 92 valence electrons. The number of amides is 1. The lowest BCUT2D eigenvalue weighted by atomic mass is 10.2. The third kappa shape index (κ3) is 3.20. The summed E-state index contributed by atoms with van der Waals surface area (Å²) in [7, 11) is 0. The van der Waals surface area contributed by atoms with E-state index in [4.69, 9.17) is 9.15 Å². The number of furan rings is 1. The summed E-state index contributed by atoms with van der Waals surface area (Å²) in [5, 5.41) is 0. The molecule has 17 heavy (non-hydrogen) atoms. The first-order valence-electron chi connectivity index (χ1n) is 5.81. The van der Waals surface area contributed by atoms with Crippen LogP contribution in [-0.4, -0.2) is 36.1 Å². The van der Waals surface area contributed by atoms with Crippen LogP contribution < -0.4 is 0 Å². The first-order valence-corrected chi connectivity index (χ1v) is 5.81. The minimum absolute atomic E-state index is 0.00315. The van der Waals surface area contributed by atoms with Gasteiger partial charge in [-0.2, -0.15) is 0 Å². The second kappa shape index (κ2) is 5.19. The summed E-state index contributed by atoms with van der Waals surface area (Å²) in [6, 6.07) is 3.61. The zero-order valence-electron chi connectivity index (χ0n) is 10.1. The first kappa shape index (κ1) is 11.9. The minimum atomic E-state index is 0.00315. The van der Waals surface area contributed by atoms with Crippen molar-refractivity contribution >= 4 is 12.0 Å². The number of nitrogens with zero attached hydrogens (tertiary/aromatic N) is 1. The lowest BCUT2D eigenvalue weighted by Crippen LogP contribution is -2.47. The number of hydrogen-bond donors (Lipinski definition) is 0. The molecule has 0 aliphatic carbocycles. The van der Waals surface area contributed by atoms with Gasteiger partial charge in [0, 0.05) is 19.2 Å². The van der Waals surface area contributed by atoms with E-state index in [1.165, 1.54) is 0 Å². The van der Waals surface area contributed by atoms with Gasteiger partial charge in [0.1, 0.15) is 5.76 Å². The van der Waals surface area contributed by atoms with Crippen molar-refractivity contribution in [2.45, 2.75) is 26.1 Å². The van der Waals surface area contributed by atoms with Gasteiger partial charge in [0.2, 0.25) is 5.91 Å². The maximum Gasteiger partial charge on any atom is 0.246 e. The molecule has 4 nitrogen and oxygen atoms in total. The van der Waals surface area contributed by atoms with Crippen LogP contribution in [0.1, 0.15) is 19.6 Å². The van der Waals surface area contributed by atoms with E-state index in [2.05, 4.69) is 0 Å². The molecule has 2 rings (SSSR count). The molecular weight excluding hydrogens is 218 g/mol. The molecule has 1 aromatic rings. The van der Waals surface area contributed by atoms with Crippen LogP contribution in [0.4, 0.5) is 0 Å². The molecule has 2 unspecified atom stereocenters. The van der Waals surface area contributed by atoms with Crippen molar-refractivity contribution in [2.24, 2.45) is 0 Å². The van der Waals surface area contributed by atoms with E-state index in [-0.39, 0.29) is 18.1 Å². The second-order valence-electron chi connectivity index (χ2n) is 4.35. The van der Waals surface area contributed by atoms with E-state index >= 15 is 0 Å². The monoisotopic (exact) mass is 235 g/mol. The van der Waals surface area contributed by atoms with Crippen molar-refractivity contribution in [3.05, 3.63) is 30.2 Å². The SMILES string of the molecule is CC1CN(C(=O)C=Cc2ccco2)CC(C)O1. The lowest BCUT2D eigenvalue weighted by molar-refractivity contribution is -0.137. The van der Waals surface area contributed by atoms with Gasteiger partial charge < -0.3 is 14.1 Å². The van der Waals surface area contributed by atoms with E-state index < -0.39 is 0 Å². The molecule has 0 bridgehead atoms. The van der Waals surface area contributed by atoms with Gasteiger partial charge in [-0.3, -0.25) is 4.79 Å². The van der Waals surface area contributed by atoms with Gasteiger partial charge in [-0.15, -0.1) is 0 Å². The Morgan fingerprint density at radius 1 is 1.41 bits per heavy atom. The molecule has 0 radical (unpaired) electrons. The van der Waals surface area contributed by atoms with Gasteiger partial charge in [-0.05, 0) is 32.1 Å². The zero-order chi connectivity index (χ0) is 12.3. The standard InChI is InChI=1S/C13H17NO3/c1-10-8-14(9-11(2)17-10)13(15)6-5-12-4-3-7-16-12/h3-7,10-11H,8-9H2,1-2H3. The number of morpholine rings is 1. The van der Waals surface area contributed by atoms with Crippen LogP contribution in [-0.2, 0) is 9.53 Å². The van der Waals surface area contributed by atoms with Crippen LogP contribution in [0.25, 0.3) is 6.08 Å². The van der Waals surface area contributed by atoms with Crippen LogP contribution in [0, 0.1) is 0 Å². The Hall–Kier alpha value is -1.55. The number of rotatable bonds is 2. The second-order valence-corrected chi connectivity index (χ2v) is 4.35. The van der Waals surface area contributed by atoms with Crippen LogP contribution in [0.2, 0.25) is 0 Å². The van der Waals surface area contributed by atoms with Gasteiger partial charge in [0.15, 0.2) is 0 Å². The van der Waals surface area contributed by atoms with Crippen molar-refractivity contribution < 1.29 is 13.9 Å². The first-order chi connectivity index (χ1) is 8.15. The fourth-order valence-corrected chi connectivity index (χ4v) is 2.00. The van der Waals surface area contributed by atoms with Gasteiger partial charge in [0.05, 0.1) is 18.5 Å². The Labute approximate surface area is 101 Å². The van der Waals surface area contributed by atoms with E-state index in [1.807, 2.05) is 19.9 Å². The Morgan fingerprint density at radius 3 is 2.71 bits per heavy atom. The summed E-state index contributed by atoms with van der Waals surface area (Å²) in [5.74, 6) is 0.691. The Bertz CT molecular complexity index is 387. The van der Waals surface area contributed by atoms with Gasteiger partial charge >= 0.3 is 0 Å². The molecule has 1 fully saturated rings. The van der Waals surface area contributed by atoms with Crippen LogP contribution in [0.5, 0.6) is 0 Å². The Balaban J connectivity index is 1.95. The maximum atomic E-state index is 11.9. The number of carbonyl (C=O) groups is 1. The molecule has 0 spiro atoms. The van der Waals surface area contributed by atoms with Crippen molar-refractivity contribution in [1.29, 1.82) is 0 Å². The molecule has 0 N–H and O–H groups in total. The van der Waals surface area contributed by atoms with Crippen LogP contribution >= 0.6 is 0 Å². The average Bonchev–Trinajstić information content (AvgIpc) is 2.77. The highest BCUT2D eigenvalue weighted by atomic mass is 16.5. The molecule has 2 heterocycles. The Kier molecular flexibility index (Phi) is 3.64. The zero-order valence-corrected chi connectivity index (χ0v) is 10.1. The van der Waals surface area contributed by atoms with Gasteiger partial charge in [-0.1, -0.05) is 0 Å². The third-order valence-corrected chi connectivity index (χ3v) is 2.66. The summed E-state index contributed by atoms with van der Waals surface area (Å²) in [4.78, 5) is 13.7. The van der Waals surface area contributed by atoms with Gasteiger partial charge in [-0.25, -0.2) is 0 Å². The maximum absolute atomic E-state index is 11.9. The molecule has 1 aromatic heterocycles. The largest absolute Gasteiger partial charge is 0.465 e.